The lowest BCUT2D eigenvalue weighted by Crippen LogP contribution is -2.22. The van der Waals surface area contributed by atoms with Gasteiger partial charge in [-0.05, 0) is 51.5 Å². The fourth-order valence-corrected chi connectivity index (χ4v) is 2.24. The van der Waals surface area contributed by atoms with Gasteiger partial charge in [0.15, 0.2) is 0 Å². The van der Waals surface area contributed by atoms with Gasteiger partial charge in [0, 0.05) is 6.54 Å². The van der Waals surface area contributed by atoms with Crippen LogP contribution >= 0.6 is 0 Å². The highest BCUT2D eigenvalue weighted by molar-refractivity contribution is 5.14. The van der Waals surface area contributed by atoms with Gasteiger partial charge in [0.1, 0.15) is 0 Å². The monoisotopic (exact) mass is 262 g/mol. The highest BCUT2D eigenvalue weighted by atomic mass is 15.1. The molecule has 0 fully saturated rings. The van der Waals surface area contributed by atoms with E-state index in [2.05, 4.69) is 54.5 Å². The van der Waals surface area contributed by atoms with Crippen LogP contribution in [0.2, 0.25) is 0 Å². The van der Waals surface area contributed by atoms with Crippen molar-refractivity contribution in [2.45, 2.75) is 39.0 Å². The zero-order chi connectivity index (χ0) is 13.8. The Hall–Kier alpha value is -0.860. The number of nitrogens with one attached hydrogen (secondary N) is 1. The van der Waals surface area contributed by atoms with Gasteiger partial charge >= 0.3 is 0 Å². The summed E-state index contributed by atoms with van der Waals surface area (Å²) in [5.41, 5.74) is 1.44. The molecule has 0 aliphatic carbocycles. The minimum Gasteiger partial charge on any atom is -0.317 e. The van der Waals surface area contributed by atoms with Crippen molar-refractivity contribution in [2.75, 3.05) is 33.2 Å². The second kappa shape index (κ2) is 11.0. The molecule has 0 amide bonds. The Balaban J connectivity index is 1.95. The molecule has 108 valence electrons. The molecule has 0 aromatic heterocycles. The number of benzene rings is 1. The summed E-state index contributed by atoms with van der Waals surface area (Å²) in [7, 11) is 2.24. The van der Waals surface area contributed by atoms with Gasteiger partial charge in [0.2, 0.25) is 0 Å². The highest BCUT2D eigenvalue weighted by Gasteiger charge is 1.99. The molecular weight excluding hydrogens is 232 g/mol. The van der Waals surface area contributed by atoms with Crippen LogP contribution < -0.4 is 5.32 Å². The van der Waals surface area contributed by atoms with Crippen molar-refractivity contribution >= 4 is 0 Å². The first-order chi connectivity index (χ1) is 9.33. The van der Waals surface area contributed by atoms with Crippen LogP contribution in [-0.4, -0.2) is 38.1 Å². The Bertz CT molecular complexity index is 297. The number of nitrogens with zero attached hydrogens (tertiary/aromatic N) is 1. The maximum atomic E-state index is 3.38. The van der Waals surface area contributed by atoms with Crippen LogP contribution in [0.3, 0.4) is 0 Å². The van der Waals surface area contributed by atoms with Crippen molar-refractivity contribution in [3.8, 4) is 0 Å². The number of hydrogen-bond donors (Lipinski definition) is 1. The van der Waals surface area contributed by atoms with Gasteiger partial charge in [0.25, 0.3) is 0 Å². The number of unbranched alkanes of at least 4 members (excludes halogenated alkanes) is 3. The molecule has 0 aliphatic heterocycles. The number of likely N-dealkylation sites (N-methyl/N-ethyl adjacent to an activating group) is 1. The lowest BCUT2D eigenvalue weighted by molar-refractivity contribution is 0.327. The normalized spacial score (nSPS) is 11.1. The quantitative estimate of drug-likeness (QED) is 0.615. The highest BCUT2D eigenvalue weighted by Crippen LogP contribution is 2.03. The molecule has 0 spiro atoms. The van der Waals surface area contributed by atoms with E-state index >= 15 is 0 Å². The zero-order valence-electron chi connectivity index (χ0n) is 12.7. The maximum Gasteiger partial charge on any atom is 0.00188 e. The molecule has 2 nitrogen and oxygen atoms in total. The van der Waals surface area contributed by atoms with Gasteiger partial charge in [-0.3, -0.25) is 0 Å². The molecule has 0 radical (unpaired) electrons. The van der Waals surface area contributed by atoms with E-state index < -0.39 is 0 Å². The molecule has 1 aromatic carbocycles. The molecule has 19 heavy (non-hydrogen) atoms. The number of rotatable bonds is 11. The molecule has 0 unspecified atom stereocenters. The van der Waals surface area contributed by atoms with Gasteiger partial charge in [-0.2, -0.15) is 0 Å². The average molecular weight is 262 g/mol. The third-order valence-corrected chi connectivity index (χ3v) is 3.52. The third kappa shape index (κ3) is 8.79. The SMILES string of the molecule is CCNCCCCCCN(C)CCc1ccccc1. The topological polar surface area (TPSA) is 15.3 Å². The van der Waals surface area contributed by atoms with E-state index in [4.69, 9.17) is 0 Å². The van der Waals surface area contributed by atoms with Crippen LogP contribution in [0.4, 0.5) is 0 Å². The third-order valence-electron chi connectivity index (χ3n) is 3.52. The molecule has 1 aromatic rings. The predicted octanol–water partition coefficient (Wildman–Crippen LogP) is 3.33. The molecule has 0 bridgehead atoms. The van der Waals surface area contributed by atoms with Gasteiger partial charge in [0.05, 0.1) is 0 Å². The Labute approximate surface area is 119 Å². The Morgan fingerprint density at radius 2 is 1.68 bits per heavy atom. The molecule has 0 heterocycles. The molecular formula is C17H30N2. The van der Waals surface area contributed by atoms with Crippen LogP contribution in [0.15, 0.2) is 30.3 Å². The first-order valence-electron chi connectivity index (χ1n) is 7.76. The van der Waals surface area contributed by atoms with Crippen LogP contribution in [0, 0.1) is 0 Å². The minimum absolute atomic E-state index is 1.10. The average Bonchev–Trinajstić information content (AvgIpc) is 2.45. The second-order valence-electron chi connectivity index (χ2n) is 5.31. The minimum atomic E-state index is 1.10. The van der Waals surface area contributed by atoms with E-state index in [9.17, 15) is 0 Å². The smallest absolute Gasteiger partial charge is 0.00188 e. The van der Waals surface area contributed by atoms with E-state index in [-0.39, 0.29) is 0 Å². The van der Waals surface area contributed by atoms with Crippen molar-refractivity contribution in [1.82, 2.24) is 10.2 Å². The van der Waals surface area contributed by atoms with E-state index in [1.54, 1.807) is 0 Å². The molecule has 1 N–H and O–H groups in total. The molecule has 0 saturated carbocycles. The van der Waals surface area contributed by atoms with Crippen LogP contribution in [0.25, 0.3) is 0 Å². The van der Waals surface area contributed by atoms with Crippen LogP contribution in [-0.2, 0) is 6.42 Å². The van der Waals surface area contributed by atoms with Crippen molar-refractivity contribution in [1.29, 1.82) is 0 Å². The maximum absolute atomic E-state index is 3.38. The van der Waals surface area contributed by atoms with Crippen molar-refractivity contribution in [2.24, 2.45) is 0 Å². The summed E-state index contributed by atoms with van der Waals surface area (Å²) >= 11 is 0. The van der Waals surface area contributed by atoms with Gasteiger partial charge in [-0.1, -0.05) is 50.1 Å². The molecule has 0 saturated heterocycles. The fraction of sp³-hybridized carbons (Fsp3) is 0.647. The summed E-state index contributed by atoms with van der Waals surface area (Å²) in [6.07, 6.45) is 6.54. The first-order valence-corrected chi connectivity index (χ1v) is 7.76. The summed E-state index contributed by atoms with van der Waals surface area (Å²) in [5.74, 6) is 0. The number of hydrogen-bond acceptors (Lipinski definition) is 2. The summed E-state index contributed by atoms with van der Waals surface area (Å²) in [6.45, 7) is 6.85. The van der Waals surface area contributed by atoms with Crippen LogP contribution in [0.1, 0.15) is 38.2 Å². The summed E-state index contributed by atoms with van der Waals surface area (Å²) < 4.78 is 0. The Morgan fingerprint density at radius 3 is 2.42 bits per heavy atom. The zero-order valence-corrected chi connectivity index (χ0v) is 12.7. The standard InChI is InChI=1S/C17H30N2/c1-3-18-14-9-4-5-10-15-19(2)16-13-17-11-7-6-8-12-17/h6-8,11-12,18H,3-5,9-10,13-16H2,1-2H3. The molecule has 0 aliphatic rings. The van der Waals surface area contributed by atoms with Crippen molar-refractivity contribution in [3.05, 3.63) is 35.9 Å². The van der Waals surface area contributed by atoms with Gasteiger partial charge < -0.3 is 10.2 Å². The fourth-order valence-electron chi connectivity index (χ4n) is 2.24. The first kappa shape index (κ1) is 16.2. The van der Waals surface area contributed by atoms with E-state index in [0.29, 0.717) is 0 Å². The lowest BCUT2D eigenvalue weighted by Gasteiger charge is -2.16. The van der Waals surface area contributed by atoms with Crippen molar-refractivity contribution in [3.63, 3.8) is 0 Å². The Morgan fingerprint density at radius 1 is 0.947 bits per heavy atom. The molecule has 1 rings (SSSR count). The summed E-state index contributed by atoms with van der Waals surface area (Å²) in [5, 5.41) is 3.38. The van der Waals surface area contributed by atoms with E-state index in [0.717, 1.165) is 13.0 Å². The van der Waals surface area contributed by atoms with Crippen molar-refractivity contribution < 1.29 is 0 Å². The summed E-state index contributed by atoms with van der Waals surface area (Å²) in [6, 6.07) is 10.8. The van der Waals surface area contributed by atoms with E-state index in [1.807, 2.05) is 0 Å². The lowest BCUT2D eigenvalue weighted by atomic mass is 10.1. The summed E-state index contributed by atoms with van der Waals surface area (Å²) in [4.78, 5) is 2.46. The largest absolute Gasteiger partial charge is 0.317 e. The Kier molecular flexibility index (Phi) is 9.38. The van der Waals surface area contributed by atoms with E-state index in [1.165, 1.54) is 50.9 Å². The molecule has 0 atom stereocenters. The molecule has 2 heteroatoms. The second-order valence-corrected chi connectivity index (χ2v) is 5.31. The van der Waals surface area contributed by atoms with Gasteiger partial charge in [-0.25, -0.2) is 0 Å². The predicted molar refractivity (Wildman–Crippen MR) is 84.7 cm³/mol. The van der Waals surface area contributed by atoms with Gasteiger partial charge in [-0.15, -0.1) is 0 Å². The van der Waals surface area contributed by atoms with Crippen LogP contribution in [0.5, 0.6) is 0 Å².